The van der Waals surface area contributed by atoms with Crippen molar-refractivity contribution >= 4 is 5.91 Å². The van der Waals surface area contributed by atoms with Crippen molar-refractivity contribution in [2.75, 3.05) is 0 Å². The second-order valence-electron chi connectivity index (χ2n) is 5.60. The minimum Gasteiger partial charge on any atom is -0.352 e. The highest BCUT2D eigenvalue weighted by Gasteiger charge is 2.27. The Hall–Kier alpha value is -1.36. The fourth-order valence-corrected chi connectivity index (χ4v) is 2.50. The minimum atomic E-state index is -0.186. The zero-order valence-electron chi connectivity index (χ0n) is 12.4. The number of nitrogens with zero attached hydrogens (tertiary/aromatic N) is 2. The molecule has 19 heavy (non-hydrogen) atoms. The van der Waals surface area contributed by atoms with Gasteiger partial charge < -0.3 is 5.32 Å². The number of nitrogens with one attached hydrogen (secondary N) is 2. The lowest BCUT2D eigenvalue weighted by molar-refractivity contribution is -0.123. The van der Waals surface area contributed by atoms with Crippen LogP contribution >= 0.6 is 0 Å². The van der Waals surface area contributed by atoms with Crippen molar-refractivity contribution in [1.82, 2.24) is 20.4 Å². The van der Waals surface area contributed by atoms with E-state index < -0.39 is 0 Å². The van der Waals surface area contributed by atoms with Gasteiger partial charge in [0.2, 0.25) is 5.91 Å². The first-order chi connectivity index (χ1) is 8.90. The fourth-order valence-electron chi connectivity index (χ4n) is 2.50. The van der Waals surface area contributed by atoms with E-state index in [9.17, 15) is 4.79 Å². The number of aromatic nitrogens is 2. The van der Waals surface area contributed by atoms with Gasteiger partial charge in [-0.25, -0.2) is 0 Å². The molecule has 1 amide bonds. The van der Waals surface area contributed by atoms with Crippen molar-refractivity contribution < 1.29 is 4.79 Å². The molecule has 2 unspecified atom stereocenters. The Kier molecular flexibility index (Phi) is 3.94. The van der Waals surface area contributed by atoms with Crippen molar-refractivity contribution in [3.63, 3.8) is 0 Å². The zero-order valence-corrected chi connectivity index (χ0v) is 12.4. The summed E-state index contributed by atoms with van der Waals surface area (Å²) in [4.78, 5) is 11.9. The van der Waals surface area contributed by atoms with E-state index in [1.54, 1.807) is 0 Å². The summed E-state index contributed by atoms with van der Waals surface area (Å²) in [5.41, 5.74) is 3.36. The number of hydrogen-bond acceptors (Lipinski definition) is 3. The van der Waals surface area contributed by atoms with Crippen LogP contribution in [0.1, 0.15) is 49.7 Å². The number of aryl methyl sites for hydroxylation is 2. The third-order valence-electron chi connectivity index (χ3n) is 3.82. The summed E-state index contributed by atoms with van der Waals surface area (Å²) in [6, 6.07) is 0.345. The van der Waals surface area contributed by atoms with Gasteiger partial charge in [-0.3, -0.25) is 14.8 Å². The molecule has 1 aliphatic carbocycles. The third kappa shape index (κ3) is 3.15. The molecule has 1 fully saturated rings. The molecule has 0 radical (unpaired) electrons. The third-order valence-corrected chi connectivity index (χ3v) is 3.82. The summed E-state index contributed by atoms with van der Waals surface area (Å²) in [6.07, 6.45) is 2.24. The van der Waals surface area contributed by atoms with E-state index in [0.29, 0.717) is 6.04 Å². The second-order valence-corrected chi connectivity index (χ2v) is 5.60. The molecule has 1 saturated carbocycles. The Morgan fingerprint density at radius 3 is 2.47 bits per heavy atom. The number of rotatable bonds is 5. The topological polar surface area (TPSA) is 59.0 Å². The van der Waals surface area contributed by atoms with Crippen LogP contribution in [-0.4, -0.2) is 27.8 Å². The molecular formula is C14H24N4O. The SMILES string of the molecule is Cc1nn(C)c(C)c1C(C)NC(C)C(=O)NC1CC1. The van der Waals surface area contributed by atoms with Crippen molar-refractivity contribution in [2.45, 2.75) is 58.7 Å². The van der Waals surface area contributed by atoms with Crippen LogP contribution in [-0.2, 0) is 11.8 Å². The summed E-state index contributed by atoms with van der Waals surface area (Å²) in [6.45, 7) is 8.06. The van der Waals surface area contributed by atoms with Crippen molar-refractivity contribution in [3.05, 3.63) is 17.0 Å². The highest BCUT2D eigenvalue weighted by Crippen LogP contribution is 2.22. The van der Waals surface area contributed by atoms with E-state index in [-0.39, 0.29) is 18.0 Å². The van der Waals surface area contributed by atoms with E-state index in [1.165, 1.54) is 5.56 Å². The lowest BCUT2D eigenvalue weighted by atomic mass is 10.1. The first kappa shape index (κ1) is 14.1. The van der Waals surface area contributed by atoms with Gasteiger partial charge in [-0.2, -0.15) is 5.10 Å². The zero-order chi connectivity index (χ0) is 14.2. The molecule has 1 aromatic heterocycles. The van der Waals surface area contributed by atoms with Crippen LogP contribution in [0.2, 0.25) is 0 Å². The quantitative estimate of drug-likeness (QED) is 0.844. The average molecular weight is 264 g/mol. The lowest BCUT2D eigenvalue weighted by Gasteiger charge is -2.20. The van der Waals surface area contributed by atoms with Crippen molar-refractivity contribution in [2.24, 2.45) is 7.05 Å². The Balaban J connectivity index is 1.99. The monoisotopic (exact) mass is 264 g/mol. The van der Waals surface area contributed by atoms with Gasteiger partial charge in [0, 0.05) is 30.4 Å². The van der Waals surface area contributed by atoms with Gasteiger partial charge in [0.05, 0.1) is 11.7 Å². The summed E-state index contributed by atoms with van der Waals surface area (Å²) < 4.78 is 1.89. The van der Waals surface area contributed by atoms with Gasteiger partial charge in [-0.05, 0) is 40.5 Å². The normalized spacial score (nSPS) is 18.2. The molecule has 5 nitrogen and oxygen atoms in total. The molecule has 0 bridgehead atoms. The van der Waals surface area contributed by atoms with Gasteiger partial charge in [-0.1, -0.05) is 0 Å². The smallest absolute Gasteiger partial charge is 0.237 e. The number of carbonyl (C=O) groups excluding carboxylic acids is 1. The lowest BCUT2D eigenvalue weighted by Crippen LogP contribution is -2.44. The van der Waals surface area contributed by atoms with Crippen LogP contribution in [0.15, 0.2) is 0 Å². The maximum Gasteiger partial charge on any atom is 0.237 e. The molecule has 106 valence electrons. The van der Waals surface area contributed by atoms with E-state index in [4.69, 9.17) is 0 Å². The van der Waals surface area contributed by atoms with Crippen molar-refractivity contribution in [3.8, 4) is 0 Å². The van der Waals surface area contributed by atoms with Crippen molar-refractivity contribution in [1.29, 1.82) is 0 Å². The predicted octanol–water partition coefficient (Wildman–Crippen LogP) is 1.35. The van der Waals surface area contributed by atoms with Crippen LogP contribution in [0.3, 0.4) is 0 Å². The number of carbonyl (C=O) groups is 1. The maximum atomic E-state index is 11.9. The highest BCUT2D eigenvalue weighted by molar-refractivity contribution is 5.81. The molecule has 0 saturated heterocycles. The summed E-state index contributed by atoms with van der Waals surface area (Å²) in [5, 5.41) is 10.8. The first-order valence-corrected chi connectivity index (χ1v) is 6.96. The largest absolute Gasteiger partial charge is 0.352 e. The van der Waals surface area contributed by atoms with Gasteiger partial charge in [0.25, 0.3) is 0 Å². The molecule has 1 aliphatic rings. The molecule has 0 aliphatic heterocycles. The van der Waals surface area contributed by atoms with Crippen LogP contribution < -0.4 is 10.6 Å². The number of hydrogen-bond donors (Lipinski definition) is 2. The van der Waals surface area contributed by atoms with E-state index >= 15 is 0 Å². The Morgan fingerprint density at radius 2 is 2.00 bits per heavy atom. The highest BCUT2D eigenvalue weighted by atomic mass is 16.2. The molecule has 1 aromatic rings. The molecule has 2 N–H and O–H groups in total. The molecule has 2 atom stereocenters. The standard InChI is InChI=1S/C14H24N4O/c1-8(13-9(2)17-18(5)11(13)4)15-10(3)14(19)16-12-6-7-12/h8,10,12,15H,6-7H2,1-5H3,(H,16,19). The van der Waals surface area contributed by atoms with Gasteiger partial charge in [-0.15, -0.1) is 0 Å². The Bertz CT molecular complexity index is 476. The second kappa shape index (κ2) is 5.33. The van der Waals surface area contributed by atoms with E-state index in [2.05, 4.69) is 29.6 Å². The molecule has 0 aromatic carbocycles. The van der Waals surface area contributed by atoms with Crippen LogP contribution in [0.4, 0.5) is 0 Å². The number of amides is 1. The summed E-state index contributed by atoms with van der Waals surface area (Å²) >= 11 is 0. The van der Waals surface area contributed by atoms with Gasteiger partial charge in [0.15, 0.2) is 0 Å². The van der Waals surface area contributed by atoms with Gasteiger partial charge in [0.1, 0.15) is 0 Å². The molecule has 0 spiro atoms. The molecule has 2 rings (SSSR count). The Morgan fingerprint density at radius 1 is 1.37 bits per heavy atom. The maximum absolute atomic E-state index is 11.9. The summed E-state index contributed by atoms with van der Waals surface area (Å²) in [7, 11) is 1.95. The molecular weight excluding hydrogens is 240 g/mol. The summed E-state index contributed by atoms with van der Waals surface area (Å²) in [5.74, 6) is 0.0912. The fraction of sp³-hybridized carbons (Fsp3) is 0.714. The Labute approximate surface area is 114 Å². The average Bonchev–Trinajstić information content (AvgIpc) is 3.08. The van der Waals surface area contributed by atoms with Gasteiger partial charge >= 0.3 is 0 Å². The van der Waals surface area contributed by atoms with E-state index in [0.717, 1.165) is 24.2 Å². The minimum absolute atomic E-state index is 0.0912. The predicted molar refractivity (Wildman–Crippen MR) is 74.9 cm³/mol. The first-order valence-electron chi connectivity index (χ1n) is 6.96. The van der Waals surface area contributed by atoms with Crippen LogP contribution in [0.5, 0.6) is 0 Å². The van der Waals surface area contributed by atoms with Crippen LogP contribution in [0.25, 0.3) is 0 Å². The van der Waals surface area contributed by atoms with Crippen LogP contribution in [0, 0.1) is 13.8 Å². The van der Waals surface area contributed by atoms with E-state index in [1.807, 2.05) is 25.6 Å². The molecule has 5 heteroatoms. The molecule has 1 heterocycles.